The van der Waals surface area contributed by atoms with Gasteiger partial charge >= 0.3 is 6.09 Å². The number of benzene rings is 2. The maximum atomic E-state index is 12.6. The molecule has 2 aromatic carbocycles. The Balaban J connectivity index is 1.50. The van der Waals surface area contributed by atoms with E-state index >= 15 is 0 Å². The lowest BCUT2D eigenvalue weighted by Gasteiger charge is -2.32. The summed E-state index contributed by atoms with van der Waals surface area (Å²) in [6, 6.07) is 19.4. The van der Waals surface area contributed by atoms with Crippen LogP contribution in [-0.4, -0.2) is 30.0 Å². The van der Waals surface area contributed by atoms with Crippen LogP contribution < -0.4 is 5.32 Å². The van der Waals surface area contributed by atoms with Gasteiger partial charge in [-0.3, -0.25) is 4.79 Å². The summed E-state index contributed by atoms with van der Waals surface area (Å²) in [5, 5.41) is 3.07. The number of amides is 2. The first kappa shape index (κ1) is 19.0. The van der Waals surface area contributed by atoms with Crippen LogP contribution in [0.15, 0.2) is 60.7 Å². The maximum absolute atomic E-state index is 12.6. The molecule has 1 aliphatic heterocycles. The fourth-order valence-corrected chi connectivity index (χ4v) is 3.32. The molecule has 3 rings (SSSR count). The Labute approximate surface area is 160 Å². The van der Waals surface area contributed by atoms with E-state index in [2.05, 4.69) is 5.32 Å². The number of piperidine rings is 1. The van der Waals surface area contributed by atoms with Gasteiger partial charge in [-0.25, -0.2) is 4.79 Å². The van der Waals surface area contributed by atoms with Crippen molar-refractivity contribution in [1.82, 2.24) is 10.2 Å². The van der Waals surface area contributed by atoms with Gasteiger partial charge in [-0.05, 0) is 30.9 Å². The third kappa shape index (κ3) is 5.33. The van der Waals surface area contributed by atoms with Crippen LogP contribution in [0.1, 0.15) is 36.9 Å². The van der Waals surface area contributed by atoms with Gasteiger partial charge in [-0.1, -0.05) is 60.7 Å². The van der Waals surface area contributed by atoms with Crippen molar-refractivity contribution in [2.45, 2.75) is 32.4 Å². The molecule has 1 aliphatic rings. The largest absolute Gasteiger partial charge is 0.445 e. The molecule has 2 aromatic rings. The second-order valence-corrected chi connectivity index (χ2v) is 6.97. The van der Waals surface area contributed by atoms with E-state index in [0.717, 1.165) is 24.0 Å². The fourth-order valence-electron chi connectivity index (χ4n) is 3.32. The second kappa shape index (κ2) is 9.21. The zero-order chi connectivity index (χ0) is 19.1. The van der Waals surface area contributed by atoms with E-state index in [9.17, 15) is 9.59 Å². The van der Waals surface area contributed by atoms with Gasteiger partial charge < -0.3 is 15.0 Å². The average molecular weight is 366 g/mol. The molecule has 1 fully saturated rings. The van der Waals surface area contributed by atoms with Crippen molar-refractivity contribution >= 4 is 12.0 Å². The minimum Gasteiger partial charge on any atom is -0.445 e. The summed E-state index contributed by atoms with van der Waals surface area (Å²) in [4.78, 5) is 26.6. The molecule has 0 bridgehead atoms. The highest BCUT2D eigenvalue weighted by Crippen LogP contribution is 2.20. The number of carbonyl (C=O) groups is 2. The standard InChI is InChI=1S/C22H26N2O3/c1-17(19-11-6-3-7-12-19)23-21(25)20-13-8-14-24(15-20)22(26)27-16-18-9-4-2-5-10-18/h2-7,9-12,17,20H,8,13-16H2,1H3,(H,23,25). The summed E-state index contributed by atoms with van der Waals surface area (Å²) < 4.78 is 5.40. The summed E-state index contributed by atoms with van der Waals surface area (Å²) in [6.07, 6.45) is 1.24. The zero-order valence-corrected chi connectivity index (χ0v) is 15.6. The highest BCUT2D eigenvalue weighted by molar-refractivity contribution is 5.80. The van der Waals surface area contributed by atoms with Crippen molar-refractivity contribution in [2.24, 2.45) is 5.92 Å². The van der Waals surface area contributed by atoms with Gasteiger partial charge in [0.1, 0.15) is 6.61 Å². The predicted molar refractivity (Wildman–Crippen MR) is 104 cm³/mol. The highest BCUT2D eigenvalue weighted by Gasteiger charge is 2.29. The molecule has 0 aromatic heterocycles. The van der Waals surface area contributed by atoms with E-state index in [-0.39, 0.29) is 30.6 Å². The number of carbonyl (C=O) groups excluding carboxylic acids is 2. The van der Waals surface area contributed by atoms with Crippen molar-refractivity contribution < 1.29 is 14.3 Å². The number of nitrogens with zero attached hydrogens (tertiary/aromatic N) is 1. The fraction of sp³-hybridized carbons (Fsp3) is 0.364. The Hall–Kier alpha value is -2.82. The van der Waals surface area contributed by atoms with Crippen LogP contribution in [0.5, 0.6) is 0 Å². The molecule has 0 aliphatic carbocycles. The molecule has 1 saturated heterocycles. The molecule has 0 radical (unpaired) electrons. The molecular formula is C22H26N2O3. The monoisotopic (exact) mass is 366 g/mol. The summed E-state index contributed by atoms with van der Waals surface area (Å²) in [7, 11) is 0. The molecule has 0 saturated carbocycles. The first-order valence-corrected chi connectivity index (χ1v) is 9.44. The molecule has 5 heteroatoms. The third-order valence-electron chi connectivity index (χ3n) is 4.91. The molecule has 1 N–H and O–H groups in total. The summed E-state index contributed by atoms with van der Waals surface area (Å²) in [6.45, 7) is 3.26. The van der Waals surface area contributed by atoms with Crippen LogP contribution >= 0.6 is 0 Å². The lowest BCUT2D eigenvalue weighted by atomic mass is 9.96. The Morgan fingerprint density at radius 1 is 1.11 bits per heavy atom. The van der Waals surface area contributed by atoms with Crippen molar-refractivity contribution in [3.05, 3.63) is 71.8 Å². The van der Waals surface area contributed by atoms with E-state index in [0.29, 0.717) is 13.1 Å². The minimum absolute atomic E-state index is 0.00749. The van der Waals surface area contributed by atoms with Gasteiger partial charge in [0.15, 0.2) is 0 Å². The normalized spacial score (nSPS) is 17.8. The van der Waals surface area contributed by atoms with Crippen molar-refractivity contribution in [1.29, 1.82) is 0 Å². The van der Waals surface area contributed by atoms with E-state index < -0.39 is 0 Å². The maximum Gasteiger partial charge on any atom is 0.410 e. The Morgan fingerprint density at radius 3 is 2.48 bits per heavy atom. The van der Waals surface area contributed by atoms with Gasteiger partial charge in [0.25, 0.3) is 0 Å². The Kier molecular flexibility index (Phi) is 6.47. The van der Waals surface area contributed by atoms with Crippen molar-refractivity contribution in [3.63, 3.8) is 0 Å². The van der Waals surface area contributed by atoms with Gasteiger partial charge in [0.2, 0.25) is 5.91 Å². The number of rotatable bonds is 5. The number of hydrogen-bond acceptors (Lipinski definition) is 3. The number of hydrogen-bond donors (Lipinski definition) is 1. The van der Waals surface area contributed by atoms with E-state index in [1.807, 2.05) is 67.6 Å². The molecular weight excluding hydrogens is 340 g/mol. The molecule has 2 unspecified atom stereocenters. The molecule has 27 heavy (non-hydrogen) atoms. The first-order valence-electron chi connectivity index (χ1n) is 9.44. The highest BCUT2D eigenvalue weighted by atomic mass is 16.6. The SMILES string of the molecule is CC(NC(=O)C1CCCN(C(=O)OCc2ccccc2)C1)c1ccccc1. The molecule has 142 valence electrons. The molecule has 2 amide bonds. The van der Waals surface area contributed by atoms with Gasteiger partial charge in [0, 0.05) is 13.1 Å². The number of likely N-dealkylation sites (tertiary alicyclic amines) is 1. The molecule has 2 atom stereocenters. The van der Waals surface area contributed by atoms with Crippen LogP contribution in [0.25, 0.3) is 0 Å². The number of ether oxygens (including phenoxy) is 1. The van der Waals surface area contributed by atoms with Gasteiger partial charge in [0.05, 0.1) is 12.0 Å². The van der Waals surface area contributed by atoms with E-state index in [4.69, 9.17) is 4.74 Å². The van der Waals surface area contributed by atoms with Crippen molar-refractivity contribution in [3.8, 4) is 0 Å². The topological polar surface area (TPSA) is 58.6 Å². The van der Waals surface area contributed by atoms with Crippen LogP contribution in [0.3, 0.4) is 0 Å². The smallest absolute Gasteiger partial charge is 0.410 e. The predicted octanol–water partition coefficient (Wildman–Crippen LogP) is 3.91. The summed E-state index contributed by atoms with van der Waals surface area (Å²) in [5.74, 6) is -0.207. The van der Waals surface area contributed by atoms with Crippen LogP contribution in [0.2, 0.25) is 0 Å². The van der Waals surface area contributed by atoms with Crippen LogP contribution in [-0.2, 0) is 16.1 Å². The first-order chi connectivity index (χ1) is 13.1. The second-order valence-electron chi connectivity index (χ2n) is 6.97. The van der Waals surface area contributed by atoms with Crippen molar-refractivity contribution in [2.75, 3.05) is 13.1 Å². The summed E-state index contributed by atoms with van der Waals surface area (Å²) >= 11 is 0. The molecule has 5 nitrogen and oxygen atoms in total. The summed E-state index contributed by atoms with van der Waals surface area (Å²) in [5.41, 5.74) is 2.02. The van der Waals surface area contributed by atoms with Crippen LogP contribution in [0, 0.1) is 5.92 Å². The van der Waals surface area contributed by atoms with E-state index in [1.54, 1.807) is 4.90 Å². The Bertz CT molecular complexity index is 749. The van der Waals surface area contributed by atoms with Gasteiger partial charge in [-0.2, -0.15) is 0 Å². The average Bonchev–Trinajstić information content (AvgIpc) is 2.73. The quantitative estimate of drug-likeness (QED) is 0.873. The lowest BCUT2D eigenvalue weighted by Crippen LogP contribution is -2.46. The van der Waals surface area contributed by atoms with E-state index in [1.165, 1.54) is 0 Å². The molecule has 1 heterocycles. The lowest BCUT2D eigenvalue weighted by molar-refractivity contribution is -0.127. The number of nitrogens with one attached hydrogen (secondary N) is 1. The minimum atomic E-state index is -0.354. The zero-order valence-electron chi connectivity index (χ0n) is 15.6. The Morgan fingerprint density at radius 2 is 1.78 bits per heavy atom. The molecule has 0 spiro atoms. The third-order valence-corrected chi connectivity index (χ3v) is 4.91. The van der Waals surface area contributed by atoms with Gasteiger partial charge in [-0.15, -0.1) is 0 Å². The van der Waals surface area contributed by atoms with Crippen LogP contribution in [0.4, 0.5) is 4.79 Å².